The number of anilines is 1. The smallest absolute Gasteiger partial charge is 0.375 e. The van der Waals surface area contributed by atoms with Gasteiger partial charge in [0.15, 0.2) is 10.1 Å². The maximum atomic E-state index is 12.2. The summed E-state index contributed by atoms with van der Waals surface area (Å²) >= 11 is 1.72. The van der Waals surface area contributed by atoms with E-state index in [0.717, 1.165) is 11.3 Å². The number of rotatable bonds is 1. The summed E-state index contributed by atoms with van der Waals surface area (Å²) in [5.41, 5.74) is 5.38. The van der Waals surface area contributed by atoms with E-state index in [2.05, 4.69) is 9.97 Å². The van der Waals surface area contributed by atoms with Gasteiger partial charge in [-0.1, -0.05) is 11.3 Å². The average molecular weight is 251 g/mol. The van der Waals surface area contributed by atoms with Crippen molar-refractivity contribution < 1.29 is 13.2 Å². The Morgan fingerprint density at radius 2 is 1.67 bits per heavy atom. The molecule has 0 saturated carbocycles. The van der Waals surface area contributed by atoms with Gasteiger partial charge in [0.05, 0.1) is 9.75 Å². The molecule has 0 aromatic carbocycles. The Balaban J connectivity index is 2.36. The number of nitrogens with zero attached hydrogens (tertiary/aromatic N) is 2. The van der Waals surface area contributed by atoms with E-state index < -0.39 is 11.2 Å². The number of hydrogen-bond donors (Lipinski definition) is 1. The van der Waals surface area contributed by atoms with Gasteiger partial charge in [-0.25, -0.2) is 9.97 Å². The van der Waals surface area contributed by atoms with Gasteiger partial charge in [-0.15, -0.1) is 11.3 Å². The Morgan fingerprint density at radius 1 is 1.07 bits per heavy atom. The molecule has 0 saturated heterocycles. The minimum Gasteiger partial charge on any atom is -0.375 e. The maximum Gasteiger partial charge on any atom is 0.443 e. The molecule has 0 aliphatic rings. The van der Waals surface area contributed by atoms with Crippen molar-refractivity contribution in [2.75, 3.05) is 5.73 Å². The van der Waals surface area contributed by atoms with E-state index in [0.29, 0.717) is 26.2 Å². The number of nitrogens with two attached hydrogens (primary N) is 1. The molecule has 0 atom stereocenters. The molecule has 0 fully saturated rings. The number of alkyl halides is 3. The van der Waals surface area contributed by atoms with E-state index in [-0.39, 0.29) is 0 Å². The third-order valence-corrected chi connectivity index (χ3v) is 3.58. The summed E-state index contributed by atoms with van der Waals surface area (Å²) in [4.78, 5) is 8.09. The summed E-state index contributed by atoms with van der Waals surface area (Å²) in [6.45, 7) is 0. The van der Waals surface area contributed by atoms with Crippen molar-refractivity contribution in [2.45, 2.75) is 6.18 Å². The normalized spacial score (nSPS) is 11.9. The lowest BCUT2D eigenvalue weighted by atomic mass is 10.5. The second kappa shape index (κ2) is 3.46. The van der Waals surface area contributed by atoms with Gasteiger partial charge in [-0.2, -0.15) is 13.2 Å². The van der Waals surface area contributed by atoms with Crippen molar-refractivity contribution >= 4 is 27.8 Å². The van der Waals surface area contributed by atoms with Crippen LogP contribution >= 0.6 is 22.7 Å². The first-order chi connectivity index (χ1) is 6.97. The highest BCUT2D eigenvalue weighted by molar-refractivity contribution is 7.23. The van der Waals surface area contributed by atoms with Crippen LogP contribution in [0.3, 0.4) is 0 Å². The summed E-state index contributed by atoms with van der Waals surface area (Å²) in [5.74, 6) is 0. The molecule has 2 heterocycles. The van der Waals surface area contributed by atoms with Crippen LogP contribution in [0.15, 0.2) is 12.4 Å². The zero-order valence-corrected chi connectivity index (χ0v) is 8.71. The Morgan fingerprint density at radius 3 is 2.13 bits per heavy atom. The molecule has 80 valence electrons. The van der Waals surface area contributed by atoms with Crippen LogP contribution < -0.4 is 5.73 Å². The van der Waals surface area contributed by atoms with Crippen LogP contribution in [0.5, 0.6) is 0 Å². The number of halogens is 3. The Bertz CT molecular complexity index is 474. The minimum absolute atomic E-state index is 0.326. The summed E-state index contributed by atoms with van der Waals surface area (Å²) in [7, 11) is 0. The molecular formula is C7H4F3N3S2. The number of hydrogen-bond acceptors (Lipinski definition) is 5. The summed E-state index contributed by atoms with van der Waals surface area (Å²) in [5, 5.41) is -0.531. The summed E-state index contributed by atoms with van der Waals surface area (Å²) in [6, 6.07) is 0. The molecule has 0 aliphatic heterocycles. The fourth-order valence-electron chi connectivity index (χ4n) is 0.921. The Hall–Kier alpha value is -1.15. The van der Waals surface area contributed by atoms with Gasteiger partial charge >= 0.3 is 6.18 Å². The second-order valence-electron chi connectivity index (χ2n) is 2.59. The van der Waals surface area contributed by atoms with Crippen molar-refractivity contribution in [2.24, 2.45) is 0 Å². The first-order valence-electron chi connectivity index (χ1n) is 3.71. The van der Waals surface area contributed by atoms with Gasteiger partial charge in [0, 0.05) is 12.4 Å². The molecule has 0 radical (unpaired) electrons. The number of aromatic nitrogens is 2. The van der Waals surface area contributed by atoms with Gasteiger partial charge in [0.1, 0.15) is 0 Å². The molecule has 0 unspecified atom stereocenters. The van der Waals surface area contributed by atoms with Crippen LogP contribution in [0, 0.1) is 0 Å². The van der Waals surface area contributed by atoms with Crippen LogP contribution in [0.4, 0.5) is 18.3 Å². The third-order valence-electron chi connectivity index (χ3n) is 1.51. The molecule has 2 rings (SSSR count). The van der Waals surface area contributed by atoms with E-state index in [1.54, 1.807) is 0 Å². The van der Waals surface area contributed by atoms with Crippen molar-refractivity contribution in [3.8, 4) is 9.75 Å². The molecule has 8 heteroatoms. The zero-order valence-electron chi connectivity index (χ0n) is 7.08. The van der Waals surface area contributed by atoms with Gasteiger partial charge in [0.25, 0.3) is 0 Å². The van der Waals surface area contributed by atoms with Gasteiger partial charge in [0.2, 0.25) is 0 Å². The van der Waals surface area contributed by atoms with Crippen molar-refractivity contribution in [1.29, 1.82) is 0 Å². The van der Waals surface area contributed by atoms with E-state index in [9.17, 15) is 13.2 Å². The predicted octanol–water partition coefficient (Wildman–Crippen LogP) is 2.87. The lowest BCUT2D eigenvalue weighted by molar-refractivity contribution is -0.137. The van der Waals surface area contributed by atoms with Crippen molar-refractivity contribution in [1.82, 2.24) is 9.97 Å². The Kier molecular flexibility index (Phi) is 2.39. The highest BCUT2D eigenvalue weighted by Gasteiger charge is 2.34. The fourth-order valence-corrected chi connectivity index (χ4v) is 2.45. The van der Waals surface area contributed by atoms with Crippen LogP contribution in [0.25, 0.3) is 9.75 Å². The maximum absolute atomic E-state index is 12.2. The minimum atomic E-state index is -4.39. The molecule has 2 N–H and O–H groups in total. The topological polar surface area (TPSA) is 51.8 Å². The van der Waals surface area contributed by atoms with Crippen molar-refractivity contribution in [3.05, 3.63) is 17.4 Å². The molecule has 2 aromatic rings. The molecular weight excluding hydrogens is 247 g/mol. The number of thiazole rings is 2. The van der Waals surface area contributed by atoms with E-state index in [1.165, 1.54) is 12.4 Å². The lowest BCUT2D eigenvalue weighted by Crippen LogP contribution is -2.02. The van der Waals surface area contributed by atoms with Crippen molar-refractivity contribution in [3.63, 3.8) is 0 Å². The zero-order chi connectivity index (χ0) is 11.1. The summed E-state index contributed by atoms with van der Waals surface area (Å²) in [6.07, 6.45) is -1.77. The Labute approximate surface area is 90.4 Å². The molecule has 15 heavy (non-hydrogen) atoms. The predicted molar refractivity (Wildman–Crippen MR) is 52.6 cm³/mol. The van der Waals surface area contributed by atoms with Crippen LogP contribution in [0.2, 0.25) is 0 Å². The van der Waals surface area contributed by atoms with Gasteiger partial charge in [-0.3, -0.25) is 0 Å². The monoisotopic (exact) mass is 251 g/mol. The largest absolute Gasteiger partial charge is 0.443 e. The first kappa shape index (κ1) is 10.4. The van der Waals surface area contributed by atoms with E-state index in [4.69, 9.17) is 5.73 Å². The summed E-state index contributed by atoms with van der Waals surface area (Å²) < 4.78 is 36.7. The number of nitrogen functional groups attached to an aromatic ring is 1. The standard InChI is InChI=1S/C7H4F3N3S2/c8-7(9,10)5-12-1-3(14-5)4-2-13-6(11)15-4/h1-2H,(H2,11,13). The first-order valence-corrected chi connectivity index (χ1v) is 5.35. The molecule has 0 amide bonds. The van der Waals surface area contributed by atoms with E-state index in [1.807, 2.05) is 0 Å². The SMILES string of the molecule is Nc1ncc(-c2cnc(C(F)(F)F)s2)s1. The third kappa shape index (κ3) is 2.10. The highest BCUT2D eigenvalue weighted by Crippen LogP contribution is 2.38. The molecule has 3 nitrogen and oxygen atoms in total. The van der Waals surface area contributed by atoms with E-state index >= 15 is 0 Å². The molecule has 0 spiro atoms. The van der Waals surface area contributed by atoms with Gasteiger partial charge in [-0.05, 0) is 0 Å². The van der Waals surface area contributed by atoms with Gasteiger partial charge < -0.3 is 5.73 Å². The second-order valence-corrected chi connectivity index (χ2v) is 4.68. The molecule has 0 aliphatic carbocycles. The molecule has 2 aromatic heterocycles. The highest BCUT2D eigenvalue weighted by atomic mass is 32.1. The van der Waals surface area contributed by atoms with Crippen LogP contribution in [-0.4, -0.2) is 9.97 Å². The molecule has 0 bridgehead atoms. The lowest BCUT2D eigenvalue weighted by Gasteiger charge is -1.98. The van der Waals surface area contributed by atoms with Crippen LogP contribution in [-0.2, 0) is 6.18 Å². The average Bonchev–Trinajstić information content (AvgIpc) is 2.69. The fraction of sp³-hybridized carbons (Fsp3) is 0.143. The quantitative estimate of drug-likeness (QED) is 0.847. The van der Waals surface area contributed by atoms with Crippen LogP contribution in [0.1, 0.15) is 5.01 Å².